The fourth-order valence-electron chi connectivity index (χ4n) is 5.48. The van der Waals surface area contributed by atoms with Gasteiger partial charge in [-0.2, -0.15) is 18.4 Å². The predicted molar refractivity (Wildman–Crippen MR) is 139 cm³/mol. The number of pyridine rings is 1. The van der Waals surface area contributed by atoms with Gasteiger partial charge >= 0.3 is 12.1 Å². The van der Waals surface area contributed by atoms with Crippen LogP contribution in [0.15, 0.2) is 30.6 Å². The molecule has 2 aromatic rings. The van der Waals surface area contributed by atoms with Crippen LogP contribution in [0.1, 0.15) is 53.1 Å². The van der Waals surface area contributed by atoms with Gasteiger partial charge in [0.1, 0.15) is 23.9 Å². The smallest absolute Gasteiger partial charge is 0.336 e. The summed E-state index contributed by atoms with van der Waals surface area (Å²) >= 11 is 0. The van der Waals surface area contributed by atoms with E-state index >= 15 is 0 Å². The van der Waals surface area contributed by atoms with E-state index in [0.717, 1.165) is 0 Å². The van der Waals surface area contributed by atoms with Gasteiger partial charge in [0.2, 0.25) is 11.8 Å². The molecule has 1 aromatic heterocycles. The van der Waals surface area contributed by atoms with E-state index in [1.807, 2.05) is 32.2 Å². The molecule has 1 aliphatic heterocycles. The standard InChI is InChI=1S/C28H33F4N5O3/c1-14(2)21-15(3)13-37(25(39)23(27(4,5)6)36-26(40)28(30,31)32)22(21)24(38)35-20(10-33)18-12-34-11-17-16(18)8-7-9-19(17)29/h7-9,11-12,14-15,20-23H,13H2,1-6H3,(H,35,38)(H,36,40)/t15-,20+,21?,22+,23-/m1/s1. The Morgan fingerprint density at radius 1 is 1.10 bits per heavy atom. The molecular weight excluding hydrogens is 530 g/mol. The second-order valence-electron chi connectivity index (χ2n) is 11.6. The average Bonchev–Trinajstić information content (AvgIpc) is 3.21. The van der Waals surface area contributed by atoms with Gasteiger partial charge in [0, 0.05) is 29.9 Å². The summed E-state index contributed by atoms with van der Waals surface area (Å²) < 4.78 is 53.6. The summed E-state index contributed by atoms with van der Waals surface area (Å²) in [5.41, 5.74) is -0.866. The summed E-state index contributed by atoms with van der Waals surface area (Å²) in [7, 11) is 0. The van der Waals surface area contributed by atoms with Gasteiger partial charge in [-0.1, -0.05) is 53.7 Å². The van der Waals surface area contributed by atoms with Crippen LogP contribution in [-0.2, 0) is 14.4 Å². The number of nitrogens with one attached hydrogen (secondary N) is 2. The molecule has 0 spiro atoms. The molecule has 12 heteroatoms. The monoisotopic (exact) mass is 563 g/mol. The first-order valence-electron chi connectivity index (χ1n) is 12.9. The molecule has 1 fully saturated rings. The Kier molecular flexibility index (Phi) is 8.77. The number of fused-ring (bicyclic) bond motifs is 1. The molecule has 5 atom stereocenters. The number of carbonyl (C=O) groups is 3. The quantitative estimate of drug-likeness (QED) is 0.510. The fraction of sp³-hybridized carbons (Fsp3) is 0.536. The summed E-state index contributed by atoms with van der Waals surface area (Å²) in [5, 5.41) is 14.9. The Bertz CT molecular complexity index is 1330. The Labute approximate surface area is 230 Å². The molecule has 40 heavy (non-hydrogen) atoms. The van der Waals surface area contributed by atoms with Crippen LogP contribution >= 0.6 is 0 Å². The van der Waals surface area contributed by atoms with Gasteiger partial charge in [-0.15, -0.1) is 0 Å². The van der Waals surface area contributed by atoms with Crippen molar-refractivity contribution in [2.24, 2.45) is 23.2 Å². The first kappa shape index (κ1) is 30.8. The van der Waals surface area contributed by atoms with Crippen molar-refractivity contribution in [2.75, 3.05) is 6.54 Å². The molecule has 216 valence electrons. The lowest BCUT2D eigenvalue weighted by Crippen LogP contribution is -2.60. The number of nitriles is 1. The van der Waals surface area contributed by atoms with Gasteiger partial charge in [0.25, 0.3) is 0 Å². The SMILES string of the molecule is CC(C)C1[C@H](C)CN(C(=O)[C@@H](NC(=O)C(F)(F)F)C(C)(C)C)[C@@H]1C(=O)N[C@@H](C#N)c1cncc2c(F)cccc12. The van der Waals surface area contributed by atoms with Crippen molar-refractivity contribution in [3.63, 3.8) is 0 Å². The van der Waals surface area contributed by atoms with Crippen molar-refractivity contribution in [3.05, 3.63) is 42.0 Å². The molecule has 1 aromatic carbocycles. The fourth-order valence-corrected chi connectivity index (χ4v) is 5.48. The van der Waals surface area contributed by atoms with Gasteiger partial charge in [0.15, 0.2) is 0 Å². The Morgan fingerprint density at radius 2 is 1.75 bits per heavy atom. The summed E-state index contributed by atoms with van der Waals surface area (Å²) in [6.07, 6.45) is -2.55. The highest BCUT2D eigenvalue weighted by Gasteiger charge is 2.51. The third-order valence-corrected chi connectivity index (χ3v) is 7.32. The van der Waals surface area contributed by atoms with Crippen molar-refractivity contribution in [1.29, 1.82) is 5.26 Å². The van der Waals surface area contributed by atoms with E-state index in [-0.39, 0.29) is 29.3 Å². The molecule has 8 nitrogen and oxygen atoms in total. The van der Waals surface area contributed by atoms with Gasteiger partial charge in [-0.25, -0.2) is 4.39 Å². The highest BCUT2D eigenvalue weighted by molar-refractivity contribution is 5.95. The summed E-state index contributed by atoms with van der Waals surface area (Å²) in [6.45, 7) is 10.2. The highest BCUT2D eigenvalue weighted by atomic mass is 19.4. The first-order chi connectivity index (χ1) is 18.5. The van der Waals surface area contributed by atoms with Crippen LogP contribution in [0.2, 0.25) is 0 Å². The molecule has 0 radical (unpaired) electrons. The number of hydrogen-bond acceptors (Lipinski definition) is 5. The van der Waals surface area contributed by atoms with E-state index in [9.17, 15) is 37.2 Å². The second kappa shape index (κ2) is 11.4. The van der Waals surface area contributed by atoms with Crippen LogP contribution in [0.5, 0.6) is 0 Å². The summed E-state index contributed by atoms with van der Waals surface area (Å²) in [6, 6.07) is 2.33. The summed E-state index contributed by atoms with van der Waals surface area (Å²) in [5.74, 6) is -5.05. The summed E-state index contributed by atoms with van der Waals surface area (Å²) in [4.78, 5) is 44.6. The lowest BCUT2D eigenvalue weighted by molar-refractivity contribution is -0.176. The number of hydrogen-bond donors (Lipinski definition) is 2. The molecule has 1 saturated heterocycles. The van der Waals surface area contributed by atoms with Crippen LogP contribution in [0, 0.1) is 40.3 Å². The van der Waals surface area contributed by atoms with Crippen LogP contribution in [-0.4, -0.2) is 52.4 Å². The Hall–Kier alpha value is -3.75. The number of alkyl halides is 3. The van der Waals surface area contributed by atoms with Crippen molar-refractivity contribution in [1.82, 2.24) is 20.5 Å². The van der Waals surface area contributed by atoms with Crippen molar-refractivity contribution in [3.8, 4) is 6.07 Å². The maximum absolute atomic E-state index is 14.3. The minimum absolute atomic E-state index is 0.0620. The topological polar surface area (TPSA) is 115 Å². The largest absolute Gasteiger partial charge is 0.471 e. The first-order valence-corrected chi connectivity index (χ1v) is 12.9. The Balaban J connectivity index is 2.00. The third-order valence-electron chi connectivity index (χ3n) is 7.32. The average molecular weight is 564 g/mol. The number of aromatic nitrogens is 1. The van der Waals surface area contributed by atoms with E-state index in [1.54, 1.807) is 6.07 Å². The number of halogens is 4. The van der Waals surface area contributed by atoms with Crippen molar-refractivity contribution >= 4 is 28.5 Å². The third kappa shape index (κ3) is 6.18. The minimum atomic E-state index is -5.20. The van der Waals surface area contributed by atoms with Gasteiger partial charge in [-0.3, -0.25) is 19.4 Å². The van der Waals surface area contributed by atoms with Crippen LogP contribution in [0.3, 0.4) is 0 Å². The van der Waals surface area contributed by atoms with Gasteiger partial charge in [0.05, 0.1) is 6.07 Å². The number of likely N-dealkylation sites (tertiary alicyclic amines) is 1. The maximum Gasteiger partial charge on any atom is 0.471 e. The maximum atomic E-state index is 14.3. The van der Waals surface area contributed by atoms with E-state index in [0.29, 0.717) is 5.39 Å². The van der Waals surface area contributed by atoms with Crippen LogP contribution in [0.25, 0.3) is 10.8 Å². The van der Waals surface area contributed by atoms with Crippen LogP contribution in [0.4, 0.5) is 17.6 Å². The molecule has 1 unspecified atom stereocenters. The molecule has 3 rings (SSSR count). The van der Waals surface area contributed by atoms with Gasteiger partial charge < -0.3 is 15.5 Å². The van der Waals surface area contributed by atoms with E-state index in [2.05, 4.69) is 10.3 Å². The van der Waals surface area contributed by atoms with E-state index in [4.69, 9.17) is 0 Å². The molecule has 2 heterocycles. The number of nitrogens with zero attached hydrogens (tertiary/aromatic N) is 3. The van der Waals surface area contributed by atoms with Crippen LogP contribution < -0.4 is 10.6 Å². The highest BCUT2D eigenvalue weighted by Crippen LogP contribution is 2.38. The molecular formula is C28H33F4N5O3. The van der Waals surface area contributed by atoms with E-state index in [1.165, 1.54) is 50.2 Å². The molecule has 3 amide bonds. The number of carbonyl (C=O) groups excluding carboxylic acids is 3. The molecule has 2 N–H and O–H groups in total. The molecule has 0 saturated carbocycles. The number of benzene rings is 1. The Morgan fingerprint density at radius 3 is 2.30 bits per heavy atom. The lowest BCUT2D eigenvalue weighted by atomic mass is 9.81. The number of rotatable bonds is 6. The zero-order valence-electron chi connectivity index (χ0n) is 23.1. The van der Waals surface area contributed by atoms with Crippen molar-refractivity contribution < 1.29 is 31.9 Å². The minimum Gasteiger partial charge on any atom is -0.336 e. The molecule has 0 aliphatic carbocycles. The number of amides is 3. The van der Waals surface area contributed by atoms with Crippen molar-refractivity contribution in [2.45, 2.75) is 65.8 Å². The molecule has 0 bridgehead atoms. The predicted octanol–water partition coefficient (Wildman–Crippen LogP) is 4.27. The zero-order chi connectivity index (χ0) is 30.2. The lowest BCUT2D eigenvalue weighted by Gasteiger charge is -2.37. The van der Waals surface area contributed by atoms with Gasteiger partial charge in [-0.05, 0) is 34.6 Å². The normalized spacial score (nSPS) is 21.1. The zero-order valence-corrected chi connectivity index (χ0v) is 23.1. The second-order valence-corrected chi connectivity index (χ2v) is 11.6. The van der Waals surface area contributed by atoms with E-state index < -0.39 is 59.2 Å². The molecule has 1 aliphatic rings.